The van der Waals surface area contributed by atoms with E-state index in [4.69, 9.17) is 5.73 Å². The third-order valence-corrected chi connectivity index (χ3v) is 2.19. The molecule has 0 saturated heterocycles. The molecular weight excluding hydrogens is 222 g/mol. The summed E-state index contributed by atoms with van der Waals surface area (Å²) in [6.07, 6.45) is 1.39. The highest BCUT2D eigenvalue weighted by Gasteiger charge is 2.14. The summed E-state index contributed by atoms with van der Waals surface area (Å²) in [5.74, 6) is -1.02. The minimum absolute atomic E-state index is 0.0203. The molecule has 0 bridgehead atoms. The number of aromatic nitrogens is 1. The Hall–Kier alpha value is -2.11. The summed E-state index contributed by atoms with van der Waals surface area (Å²) in [5, 5.41) is 2.53. The average molecular weight is 237 g/mol. The summed E-state index contributed by atoms with van der Waals surface area (Å²) in [6.45, 7) is 3.36. The molecular formula is C11H15N3O3. The molecule has 0 aliphatic rings. The zero-order valence-electron chi connectivity index (χ0n) is 9.74. The summed E-state index contributed by atoms with van der Waals surface area (Å²) >= 11 is 0. The van der Waals surface area contributed by atoms with Crippen molar-refractivity contribution in [2.45, 2.75) is 26.3 Å². The summed E-state index contributed by atoms with van der Waals surface area (Å²) in [7, 11) is 0. The van der Waals surface area contributed by atoms with Crippen LogP contribution in [0.25, 0.3) is 0 Å². The molecule has 6 nitrogen and oxygen atoms in total. The van der Waals surface area contributed by atoms with Gasteiger partial charge in [-0.2, -0.15) is 0 Å². The van der Waals surface area contributed by atoms with Crippen LogP contribution in [-0.4, -0.2) is 22.8 Å². The first-order chi connectivity index (χ1) is 7.90. The van der Waals surface area contributed by atoms with Crippen molar-refractivity contribution >= 4 is 11.8 Å². The van der Waals surface area contributed by atoms with Crippen molar-refractivity contribution in [3.8, 4) is 0 Å². The van der Waals surface area contributed by atoms with E-state index in [1.807, 2.05) is 0 Å². The maximum Gasteiger partial charge on any atom is 0.256 e. The number of amides is 2. The van der Waals surface area contributed by atoms with Gasteiger partial charge in [0.2, 0.25) is 5.91 Å². The standard InChI is InChI=1S/C11H15N3O3/c1-6-3-9(15)8(5-13-6)11(17)14-7(2)4-10(12)16/h3,5,7H,4H2,1-2H3,(H2,12,16)(H,13,15)(H,14,17). The van der Waals surface area contributed by atoms with E-state index >= 15 is 0 Å². The normalized spacial score (nSPS) is 11.9. The van der Waals surface area contributed by atoms with Gasteiger partial charge in [-0.25, -0.2) is 0 Å². The number of carbonyl (C=O) groups excluding carboxylic acids is 2. The Kier molecular flexibility index (Phi) is 4.03. The molecule has 2 amide bonds. The molecule has 1 heterocycles. The third kappa shape index (κ3) is 3.75. The Morgan fingerprint density at radius 3 is 2.71 bits per heavy atom. The first kappa shape index (κ1) is 13.0. The fourth-order valence-electron chi connectivity index (χ4n) is 1.40. The topological polar surface area (TPSA) is 105 Å². The van der Waals surface area contributed by atoms with Crippen LogP contribution < -0.4 is 16.5 Å². The third-order valence-electron chi connectivity index (χ3n) is 2.19. The smallest absolute Gasteiger partial charge is 0.256 e. The molecule has 1 atom stereocenters. The Balaban J connectivity index is 2.77. The first-order valence-electron chi connectivity index (χ1n) is 5.18. The summed E-state index contributed by atoms with van der Waals surface area (Å²) in [4.78, 5) is 36.6. The lowest BCUT2D eigenvalue weighted by atomic mass is 10.2. The highest BCUT2D eigenvalue weighted by molar-refractivity contribution is 5.94. The van der Waals surface area contributed by atoms with E-state index in [-0.39, 0.29) is 17.4 Å². The number of rotatable bonds is 4. The van der Waals surface area contributed by atoms with E-state index in [1.165, 1.54) is 12.3 Å². The largest absolute Gasteiger partial charge is 0.370 e. The van der Waals surface area contributed by atoms with E-state index in [1.54, 1.807) is 13.8 Å². The van der Waals surface area contributed by atoms with Gasteiger partial charge in [-0.15, -0.1) is 0 Å². The maximum atomic E-state index is 11.7. The molecule has 4 N–H and O–H groups in total. The Labute approximate surface area is 98.2 Å². The van der Waals surface area contributed by atoms with Gasteiger partial charge in [-0.3, -0.25) is 14.4 Å². The van der Waals surface area contributed by atoms with Crippen LogP contribution in [0.1, 0.15) is 29.4 Å². The monoisotopic (exact) mass is 237 g/mol. The van der Waals surface area contributed by atoms with E-state index in [2.05, 4.69) is 10.3 Å². The average Bonchev–Trinajstić information content (AvgIpc) is 2.15. The number of aryl methyl sites for hydroxylation is 1. The molecule has 0 aliphatic carbocycles. The second kappa shape index (κ2) is 5.29. The van der Waals surface area contributed by atoms with Crippen molar-refractivity contribution in [1.82, 2.24) is 10.3 Å². The lowest BCUT2D eigenvalue weighted by Gasteiger charge is -2.11. The minimum atomic E-state index is -0.514. The Morgan fingerprint density at radius 1 is 1.53 bits per heavy atom. The van der Waals surface area contributed by atoms with Crippen LogP contribution in [0.2, 0.25) is 0 Å². The molecule has 17 heavy (non-hydrogen) atoms. The molecule has 0 aromatic carbocycles. The minimum Gasteiger partial charge on any atom is -0.370 e. The van der Waals surface area contributed by atoms with Crippen LogP contribution in [0.4, 0.5) is 0 Å². The van der Waals surface area contributed by atoms with Gasteiger partial charge in [-0.05, 0) is 13.8 Å². The number of H-pyrrole nitrogens is 1. The maximum absolute atomic E-state index is 11.7. The van der Waals surface area contributed by atoms with Gasteiger partial charge < -0.3 is 16.0 Å². The number of carbonyl (C=O) groups is 2. The second-order valence-electron chi connectivity index (χ2n) is 3.94. The summed E-state index contributed by atoms with van der Waals surface area (Å²) in [5.41, 5.74) is 5.34. The quantitative estimate of drug-likeness (QED) is 0.668. The van der Waals surface area contributed by atoms with Crippen LogP contribution in [0.3, 0.4) is 0 Å². The molecule has 1 rings (SSSR count). The van der Waals surface area contributed by atoms with E-state index in [0.717, 1.165) is 0 Å². The molecule has 0 saturated carbocycles. The number of hydrogen-bond acceptors (Lipinski definition) is 3. The highest BCUT2D eigenvalue weighted by atomic mass is 16.2. The van der Waals surface area contributed by atoms with Gasteiger partial charge in [0.15, 0.2) is 5.43 Å². The Morgan fingerprint density at radius 2 is 2.18 bits per heavy atom. The van der Waals surface area contributed by atoms with Gasteiger partial charge in [-0.1, -0.05) is 0 Å². The van der Waals surface area contributed by atoms with Crippen LogP contribution in [0.15, 0.2) is 17.1 Å². The van der Waals surface area contributed by atoms with Crippen LogP contribution >= 0.6 is 0 Å². The van der Waals surface area contributed by atoms with Crippen molar-refractivity contribution in [2.24, 2.45) is 5.73 Å². The number of nitrogens with two attached hydrogens (primary N) is 1. The number of aromatic amines is 1. The fraction of sp³-hybridized carbons (Fsp3) is 0.364. The van der Waals surface area contributed by atoms with Crippen LogP contribution in [0.5, 0.6) is 0 Å². The Bertz CT molecular complexity index is 493. The van der Waals surface area contributed by atoms with Crippen molar-refractivity contribution in [3.05, 3.63) is 33.7 Å². The van der Waals surface area contributed by atoms with Gasteiger partial charge in [0.1, 0.15) is 5.56 Å². The van der Waals surface area contributed by atoms with E-state index in [9.17, 15) is 14.4 Å². The molecule has 0 fully saturated rings. The lowest BCUT2D eigenvalue weighted by Crippen LogP contribution is -2.37. The predicted octanol–water partition coefficient (Wildman–Crippen LogP) is -0.323. The molecule has 0 aliphatic heterocycles. The number of hydrogen-bond donors (Lipinski definition) is 3. The van der Waals surface area contributed by atoms with Crippen molar-refractivity contribution in [3.63, 3.8) is 0 Å². The van der Waals surface area contributed by atoms with Crippen molar-refractivity contribution < 1.29 is 9.59 Å². The molecule has 6 heteroatoms. The van der Waals surface area contributed by atoms with E-state index < -0.39 is 17.9 Å². The number of primary amides is 1. The zero-order valence-corrected chi connectivity index (χ0v) is 9.74. The van der Waals surface area contributed by atoms with Crippen LogP contribution in [-0.2, 0) is 4.79 Å². The van der Waals surface area contributed by atoms with Gasteiger partial charge >= 0.3 is 0 Å². The van der Waals surface area contributed by atoms with Crippen molar-refractivity contribution in [1.29, 1.82) is 0 Å². The molecule has 1 aromatic heterocycles. The fourth-order valence-corrected chi connectivity index (χ4v) is 1.40. The summed E-state index contributed by atoms with van der Waals surface area (Å²) < 4.78 is 0. The number of pyridine rings is 1. The molecule has 92 valence electrons. The van der Waals surface area contributed by atoms with Crippen molar-refractivity contribution in [2.75, 3.05) is 0 Å². The van der Waals surface area contributed by atoms with E-state index in [0.29, 0.717) is 5.69 Å². The second-order valence-corrected chi connectivity index (χ2v) is 3.94. The molecule has 1 aromatic rings. The van der Waals surface area contributed by atoms with Gasteiger partial charge in [0, 0.05) is 30.4 Å². The molecule has 0 spiro atoms. The highest BCUT2D eigenvalue weighted by Crippen LogP contribution is 1.95. The number of nitrogens with one attached hydrogen (secondary N) is 2. The molecule has 0 radical (unpaired) electrons. The van der Waals surface area contributed by atoms with Gasteiger partial charge in [0.05, 0.1) is 0 Å². The lowest BCUT2D eigenvalue weighted by molar-refractivity contribution is -0.118. The van der Waals surface area contributed by atoms with Crippen LogP contribution in [0, 0.1) is 6.92 Å². The first-order valence-corrected chi connectivity index (χ1v) is 5.18. The summed E-state index contributed by atoms with van der Waals surface area (Å²) in [6, 6.07) is 0.939. The SMILES string of the molecule is Cc1cc(=O)c(C(=O)NC(C)CC(N)=O)c[nH]1. The van der Waals surface area contributed by atoms with Gasteiger partial charge in [0.25, 0.3) is 5.91 Å². The molecule has 1 unspecified atom stereocenters. The zero-order chi connectivity index (χ0) is 13.0. The predicted molar refractivity (Wildman–Crippen MR) is 62.5 cm³/mol.